The third kappa shape index (κ3) is 4.84. The number of halogens is 1. The highest BCUT2D eigenvalue weighted by Gasteiger charge is 2.22. The number of carbonyl (C=O) groups excluding carboxylic acids is 2. The third-order valence-corrected chi connectivity index (χ3v) is 4.55. The molecule has 0 saturated carbocycles. The van der Waals surface area contributed by atoms with Crippen molar-refractivity contribution in [3.63, 3.8) is 0 Å². The van der Waals surface area contributed by atoms with E-state index in [1.165, 1.54) is 24.3 Å². The van der Waals surface area contributed by atoms with Crippen molar-refractivity contribution in [1.29, 1.82) is 0 Å². The van der Waals surface area contributed by atoms with E-state index in [-0.39, 0.29) is 17.6 Å². The van der Waals surface area contributed by atoms with Gasteiger partial charge in [-0.2, -0.15) is 0 Å². The molecule has 1 saturated heterocycles. The summed E-state index contributed by atoms with van der Waals surface area (Å²) in [5, 5.41) is 2.78. The van der Waals surface area contributed by atoms with Crippen molar-refractivity contribution in [2.24, 2.45) is 0 Å². The molecule has 6 heteroatoms. The van der Waals surface area contributed by atoms with Crippen molar-refractivity contribution >= 4 is 17.5 Å². The number of hydrogen-bond acceptors (Lipinski definition) is 3. The van der Waals surface area contributed by atoms with Gasteiger partial charge in [0.15, 0.2) is 6.10 Å². The molecule has 2 aromatic rings. The van der Waals surface area contributed by atoms with E-state index in [0.717, 1.165) is 32.4 Å². The maximum absolute atomic E-state index is 13.0. The predicted molar refractivity (Wildman–Crippen MR) is 101 cm³/mol. The van der Waals surface area contributed by atoms with Crippen LogP contribution in [-0.2, 0) is 4.79 Å². The highest BCUT2D eigenvalue weighted by Crippen LogP contribution is 2.21. The van der Waals surface area contributed by atoms with Crippen LogP contribution in [0.4, 0.5) is 10.1 Å². The van der Waals surface area contributed by atoms with Crippen LogP contribution in [0.15, 0.2) is 48.5 Å². The van der Waals surface area contributed by atoms with Crippen LogP contribution in [0.1, 0.15) is 36.5 Å². The van der Waals surface area contributed by atoms with Gasteiger partial charge in [-0.1, -0.05) is 12.1 Å². The normalized spacial score (nSPS) is 15.1. The lowest BCUT2D eigenvalue weighted by Gasteiger charge is -2.27. The molecule has 3 rings (SSSR count). The zero-order chi connectivity index (χ0) is 19.2. The highest BCUT2D eigenvalue weighted by molar-refractivity contribution is 6.04. The Morgan fingerprint density at radius 2 is 1.70 bits per heavy atom. The van der Waals surface area contributed by atoms with E-state index in [0.29, 0.717) is 17.0 Å². The average molecular weight is 370 g/mol. The molecule has 0 radical (unpaired) electrons. The van der Waals surface area contributed by atoms with Crippen molar-refractivity contribution in [3.8, 4) is 5.75 Å². The van der Waals surface area contributed by atoms with Crippen molar-refractivity contribution in [3.05, 3.63) is 59.9 Å². The Kier molecular flexibility index (Phi) is 6.06. The van der Waals surface area contributed by atoms with E-state index in [4.69, 9.17) is 4.74 Å². The molecule has 142 valence electrons. The maximum Gasteiger partial charge on any atom is 0.265 e. The molecule has 0 unspecified atom stereocenters. The van der Waals surface area contributed by atoms with Crippen molar-refractivity contribution in [2.75, 3.05) is 18.4 Å². The second-order valence-electron chi connectivity index (χ2n) is 6.60. The van der Waals surface area contributed by atoms with Crippen LogP contribution in [0.25, 0.3) is 0 Å². The Labute approximate surface area is 158 Å². The number of amides is 2. The van der Waals surface area contributed by atoms with Crippen molar-refractivity contribution in [2.45, 2.75) is 32.3 Å². The summed E-state index contributed by atoms with van der Waals surface area (Å²) in [6.07, 6.45) is 2.35. The topological polar surface area (TPSA) is 58.6 Å². The van der Waals surface area contributed by atoms with Gasteiger partial charge in [0, 0.05) is 13.1 Å². The third-order valence-electron chi connectivity index (χ3n) is 4.55. The molecule has 0 aromatic heterocycles. The van der Waals surface area contributed by atoms with E-state index >= 15 is 0 Å². The molecule has 2 amide bonds. The van der Waals surface area contributed by atoms with Gasteiger partial charge in [-0.15, -0.1) is 0 Å². The van der Waals surface area contributed by atoms with Gasteiger partial charge in [-0.05, 0) is 62.6 Å². The highest BCUT2D eigenvalue weighted by atomic mass is 19.1. The lowest BCUT2D eigenvalue weighted by molar-refractivity contribution is -0.122. The van der Waals surface area contributed by atoms with Crippen LogP contribution in [0, 0.1) is 5.82 Å². The zero-order valence-corrected chi connectivity index (χ0v) is 15.3. The zero-order valence-electron chi connectivity index (χ0n) is 15.3. The molecule has 1 aliphatic heterocycles. The largest absolute Gasteiger partial charge is 0.481 e. The lowest BCUT2D eigenvalue weighted by Crippen LogP contribution is -2.36. The fraction of sp³-hybridized carbons (Fsp3) is 0.333. The number of anilines is 1. The fourth-order valence-corrected chi connectivity index (χ4v) is 3.05. The van der Waals surface area contributed by atoms with E-state index in [1.54, 1.807) is 31.2 Å². The molecule has 2 aromatic carbocycles. The first kappa shape index (κ1) is 18.9. The Balaban J connectivity index is 1.68. The summed E-state index contributed by atoms with van der Waals surface area (Å²) in [5.74, 6) is -0.419. The van der Waals surface area contributed by atoms with Crippen LogP contribution in [-0.4, -0.2) is 35.9 Å². The summed E-state index contributed by atoms with van der Waals surface area (Å²) in [4.78, 5) is 27.1. The van der Waals surface area contributed by atoms with E-state index in [2.05, 4.69) is 5.32 Å². The fourth-order valence-electron chi connectivity index (χ4n) is 3.05. The monoisotopic (exact) mass is 370 g/mol. The van der Waals surface area contributed by atoms with Crippen molar-refractivity contribution in [1.82, 2.24) is 4.90 Å². The quantitative estimate of drug-likeness (QED) is 0.870. The number of piperidine rings is 1. The molecule has 0 bridgehead atoms. The summed E-state index contributed by atoms with van der Waals surface area (Å²) >= 11 is 0. The second kappa shape index (κ2) is 8.66. The van der Waals surface area contributed by atoms with Crippen LogP contribution < -0.4 is 10.1 Å². The van der Waals surface area contributed by atoms with E-state index in [1.807, 2.05) is 4.90 Å². The van der Waals surface area contributed by atoms with Gasteiger partial charge in [-0.3, -0.25) is 9.59 Å². The predicted octanol–water partition coefficient (Wildman–Crippen LogP) is 3.86. The minimum Gasteiger partial charge on any atom is -0.481 e. The van der Waals surface area contributed by atoms with Gasteiger partial charge in [0.25, 0.3) is 11.8 Å². The van der Waals surface area contributed by atoms with Crippen LogP contribution in [0.2, 0.25) is 0 Å². The number of nitrogens with zero attached hydrogens (tertiary/aromatic N) is 1. The standard InChI is InChI=1S/C21H23FN2O3/c1-15(27-17-11-9-16(22)10-12-17)20(25)23-19-8-4-3-7-18(19)21(26)24-13-5-2-6-14-24/h3-4,7-12,15H,2,5-6,13-14H2,1H3,(H,23,25)/t15-/m1/s1. The Hall–Kier alpha value is -2.89. The Bertz CT molecular complexity index is 801. The van der Waals surface area contributed by atoms with Gasteiger partial charge in [-0.25, -0.2) is 4.39 Å². The van der Waals surface area contributed by atoms with Gasteiger partial charge >= 0.3 is 0 Å². The number of para-hydroxylation sites is 1. The van der Waals surface area contributed by atoms with E-state index < -0.39 is 6.10 Å². The molecular weight excluding hydrogens is 347 g/mol. The lowest BCUT2D eigenvalue weighted by atomic mass is 10.1. The average Bonchev–Trinajstić information content (AvgIpc) is 2.70. The SMILES string of the molecule is C[C@@H](Oc1ccc(F)cc1)C(=O)Nc1ccccc1C(=O)N1CCCCC1. The molecule has 1 aliphatic rings. The molecule has 1 atom stereocenters. The minimum absolute atomic E-state index is 0.0716. The molecule has 0 spiro atoms. The number of rotatable bonds is 5. The number of carbonyl (C=O) groups is 2. The molecule has 5 nitrogen and oxygen atoms in total. The summed E-state index contributed by atoms with van der Waals surface area (Å²) in [7, 11) is 0. The molecule has 1 fully saturated rings. The van der Waals surface area contributed by atoms with Crippen LogP contribution in [0.3, 0.4) is 0 Å². The van der Waals surface area contributed by atoms with Crippen LogP contribution >= 0.6 is 0 Å². The van der Waals surface area contributed by atoms with Gasteiger partial charge in [0.2, 0.25) is 0 Å². The Morgan fingerprint density at radius 1 is 1.04 bits per heavy atom. The molecular formula is C21H23FN2O3. The molecule has 1 heterocycles. The summed E-state index contributed by atoms with van der Waals surface area (Å²) < 4.78 is 18.5. The molecule has 1 N–H and O–H groups in total. The number of likely N-dealkylation sites (tertiary alicyclic amines) is 1. The molecule has 27 heavy (non-hydrogen) atoms. The second-order valence-corrected chi connectivity index (χ2v) is 6.60. The number of nitrogens with one attached hydrogen (secondary N) is 1. The van der Waals surface area contributed by atoms with Crippen LogP contribution in [0.5, 0.6) is 5.75 Å². The summed E-state index contributed by atoms with van der Waals surface area (Å²) in [5.41, 5.74) is 0.939. The maximum atomic E-state index is 13.0. The number of ether oxygens (including phenoxy) is 1. The van der Waals surface area contributed by atoms with Gasteiger partial charge in [0.05, 0.1) is 11.3 Å². The number of hydrogen-bond donors (Lipinski definition) is 1. The van der Waals surface area contributed by atoms with Gasteiger partial charge < -0.3 is 15.0 Å². The van der Waals surface area contributed by atoms with Crippen molar-refractivity contribution < 1.29 is 18.7 Å². The van der Waals surface area contributed by atoms with E-state index in [9.17, 15) is 14.0 Å². The molecule has 0 aliphatic carbocycles. The summed E-state index contributed by atoms with van der Waals surface area (Å²) in [6.45, 7) is 3.09. The first-order chi connectivity index (χ1) is 13.0. The minimum atomic E-state index is -0.798. The smallest absolute Gasteiger partial charge is 0.265 e. The number of benzene rings is 2. The Morgan fingerprint density at radius 3 is 2.41 bits per heavy atom. The summed E-state index contributed by atoms with van der Waals surface area (Å²) in [6, 6.07) is 12.5. The van der Waals surface area contributed by atoms with Gasteiger partial charge in [0.1, 0.15) is 11.6 Å². The first-order valence-corrected chi connectivity index (χ1v) is 9.16. The first-order valence-electron chi connectivity index (χ1n) is 9.16.